The summed E-state index contributed by atoms with van der Waals surface area (Å²) in [4.78, 5) is 33.0. The van der Waals surface area contributed by atoms with Gasteiger partial charge in [0.1, 0.15) is 11.1 Å². The van der Waals surface area contributed by atoms with Crippen molar-refractivity contribution in [3.63, 3.8) is 0 Å². The van der Waals surface area contributed by atoms with Gasteiger partial charge >= 0.3 is 5.69 Å². The van der Waals surface area contributed by atoms with Crippen LogP contribution in [0.4, 0.5) is 0 Å². The minimum atomic E-state index is -0.511. The predicted octanol–water partition coefficient (Wildman–Crippen LogP) is 1.24. The van der Waals surface area contributed by atoms with E-state index >= 15 is 0 Å². The second-order valence-electron chi connectivity index (χ2n) is 3.51. The summed E-state index contributed by atoms with van der Waals surface area (Å²) in [5.41, 5.74) is -0.150. The monoisotopic (exact) mass is 249 g/mol. The molecule has 0 atom stereocenters. The van der Waals surface area contributed by atoms with E-state index < -0.39 is 11.2 Å². The van der Waals surface area contributed by atoms with Crippen LogP contribution >= 0.6 is 11.3 Å². The number of aryl methyl sites for hydroxylation is 1. The van der Waals surface area contributed by atoms with E-state index in [-0.39, 0.29) is 0 Å². The van der Waals surface area contributed by atoms with Crippen LogP contribution in [0.5, 0.6) is 0 Å². The fraction of sp³-hybridized carbons (Fsp3) is 0.100. The number of oxazole rings is 1. The molecule has 0 aliphatic carbocycles. The molecule has 0 unspecified atom stereocenters. The van der Waals surface area contributed by atoms with E-state index in [9.17, 15) is 9.59 Å². The Morgan fingerprint density at radius 1 is 1.35 bits per heavy atom. The first-order valence-electron chi connectivity index (χ1n) is 4.82. The number of nitrogens with one attached hydrogen (secondary N) is 2. The van der Waals surface area contributed by atoms with Gasteiger partial charge in [0.25, 0.3) is 5.56 Å². The quantitative estimate of drug-likeness (QED) is 0.678. The summed E-state index contributed by atoms with van der Waals surface area (Å²) in [6.45, 7) is 1.80. The molecule has 3 aromatic rings. The third kappa shape index (κ3) is 1.43. The first-order valence-corrected chi connectivity index (χ1v) is 5.64. The number of aromatic nitrogens is 3. The van der Waals surface area contributed by atoms with Gasteiger partial charge in [-0.15, -0.1) is 11.3 Å². The molecule has 0 fully saturated rings. The third-order valence-electron chi connectivity index (χ3n) is 2.45. The van der Waals surface area contributed by atoms with Crippen LogP contribution in [0.15, 0.2) is 26.5 Å². The average molecular weight is 249 g/mol. The lowest BCUT2D eigenvalue weighted by Crippen LogP contribution is -2.21. The Morgan fingerprint density at radius 3 is 2.88 bits per heavy atom. The highest BCUT2D eigenvalue weighted by atomic mass is 32.1. The number of aromatic amines is 2. The minimum absolute atomic E-state index is 0.393. The highest BCUT2D eigenvalue weighted by Gasteiger charge is 2.16. The van der Waals surface area contributed by atoms with Gasteiger partial charge in [-0.2, -0.15) is 0 Å². The molecule has 0 saturated heterocycles. The van der Waals surface area contributed by atoms with E-state index in [1.807, 2.05) is 0 Å². The van der Waals surface area contributed by atoms with Crippen molar-refractivity contribution in [2.24, 2.45) is 0 Å². The van der Waals surface area contributed by atoms with E-state index in [1.165, 1.54) is 23.8 Å². The van der Waals surface area contributed by atoms with Crippen molar-refractivity contribution >= 4 is 21.6 Å². The predicted molar refractivity (Wildman–Crippen MR) is 63.3 cm³/mol. The van der Waals surface area contributed by atoms with E-state index in [2.05, 4.69) is 15.0 Å². The van der Waals surface area contributed by atoms with Gasteiger partial charge in [0.15, 0.2) is 0 Å². The highest BCUT2D eigenvalue weighted by Crippen LogP contribution is 2.33. The van der Waals surface area contributed by atoms with Crippen molar-refractivity contribution in [3.05, 3.63) is 38.9 Å². The van der Waals surface area contributed by atoms with Crippen molar-refractivity contribution in [1.29, 1.82) is 0 Å². The van der Waals surface area contributed by atoms with Crippen LogP contribution in [0, 0.1) is 6.92 Å². The standard InChI is InChI=1S/C10H7N3O3S/c1-4-5-7(14)12-10(15)13-9(5)17-6(4)8-11-2-3-16-8/h2-3H,1H3,(H2,12,13,14,15). The largest absolute Gasteiger partial charge is 0.444 e. The molecule has 0 aliphatic rings. The van der Waals surface area contributed by atoms with Gasteiger partial charge in [0.2, 0.25) is 5.89 Å². The minimum Gasteiger partial charge on any atom is -0.444 e. The van der Waals surface area contributed by atoms with Crippen LogP contribution in [0.2, 0.25) is 0 Å². The lowest BCUT2D eigenvalue weighted by molar-refractivity contribution is 0.576. The number of hydrogen-bond acceptors (Lipinski definition) is 5. The summed E-state index contributed by atoms with van der Waals surface area (Å²) in [5, 5.41) is 0.475. The normalized spacial score (nSPS) is 11.1. The molecule has 7 heteroatoms. The van der Waals surface area contributed by atoms with Gasteiger partial charge in [-0.1, -0.05) is 0 Å². The molecule has 3 rings (SSSR count). The molecular weight excluding hydrogens is 242 g/mol. The highest BCUT2D eigenvalue weighted by molar-refractivity contribution is 7.22. The van der Waals surface area contributed by atoms with Crippen molar-refractivity contribution in [2.75, 3.05) is 0 Å². The number of rotatable bonds is 1. The first-order chi connectivity index (χ1) is 8.16. The summed E-state index contributed by atoms with van der Waals surface area (Å²) < 4.78 is 5.20. The molecule has 0 spiro atoms. The topological polar surface area (TPSA) is 91.8 Å². The fourth-order valence-electron chi connectivity index (χ4n) is 1.71. The maximum atomic E-state index is 11.7. The van der Waals surface area contributed by atoms with Gasteiger partial charge in [-0.3, -0.25) is 14.8 Å². The molecular formula is C10H7N3O3S. The van der Waals surface area contributed by atoms with Crippen LogP contribution in [-0.2, 0) is 0 Å². The van der Waals surface area contributed by atoms with Crippen LogP contribution in [-0.4, -0.2) is 15.0 Å². The van der Waals surface area contributed by atoms with Crippen LogP contribution in [0.1, 0.15) is 5.56 Å². The Balaban J connectivity index is 2.44. The molecule has 17 heavy (non-hydrogen) atoms. The number of H-pyrrole nitrogens is 2. The zero-order valence-corrected chi connectivity index (χ0v) is 9.55. The fourth-order valence-corrected chi connectivity index (χ4v) is 2.85. The van der Waals surface area contributed by atoms with Gasteiger partial charge < -0.3 is 4.42 Å². The van der Waals surface area contributed by atoms with Gasteiger partial charge in [0, 0.05) is 0 Å². The maximum absolute atomic E-state index is 11.7. The second kappa shape index (κ2) is 3.42. The van der Waals surface area contributed by atoms with E-state index in [0.29, 0.717) is 16.1 Å². The summed E-state index contributed by atoms with van der Waals surface area (Å²) in [6.07, 6.45) is 3.00. The Kier molecular flexibility index (Phi) is 2.02. The zero-order valence-electron chi connectivity index (χ0n) is 8.73. The van der Waals surface area contributed by atoms with Crippen molar-refractivity contribution in [2.45, 2.75) is 6.92 Å². The Labute approximate surface area is 98.0 Å². The molecule has 2 N–H and O–H groups in total. The van der Waals surface area contributed by atoms with E-state index in [0.717, 1.165) is 10.4 Å². The van der Waals surface area contributed by atoms with Crippen LogP contribution in [0.3, 0.4) is 0 Å². The number of fused-ring (bicyclic) bond motifs is 1. The van der Waals surface area contributed by atoms with Crippen molar-refractivity contribution in [3.8, 4) is 10.8 Å². The van der Waals surface area contributed by atoms with Gasteiger partial charge in [-0.25, -0.2) is 9.78 Å². The summed E-state index contributed by atoms with van der Waals surface area (Å²) in [7, 11) is 0. The summed E-state index contributed by atoms with van der Waals surface area (Å²) in [6, 6.07) is 0. The molecule has 3 aromatic heterocycles. The van der Waals surface area contributed by atoms with E-state index in [1.54, 1.807) is 6.92 Å². The van der Waals surface area contributed by atoms with Gasteiger partial charge in [0.05, 0.1) is 16.5 Å². The lowest BCUT2D eigenvalue weighted by Gasteiger charge is -1.91. The molecule has 0 radical (unpaired) electrons. The molecule has 6 nitrogen and oxygen atoms in total. The maximum Gasteiger partial charge on any atom is 0.326 e. The summed E-state index contributed by atoms with van der Waals surface area (Å²) in [5.74, 6) is 0.448. The average Bonchev–Trinajstić information content (AvgIpc) is 2.85. The summed E-state index contributed by atoms with van der Waals surface area (Å²) >= 11 is 1.28. The molecule has 0 aliphatic heterocycles. The number of thiophene rings is 1. The number of hydrogen-bond donors (Lipinski definition) is 2. The van der Waals surface area contributed by atoms with Crippen LogP contribution in [0.25, 0.3) is 21.0 Å². The van der Waals surface area contributed by atoms with E-state index in [4.69, 9.17) is 4.42 Å². The smallest absolute Gasteiger partial charge is 0.326 e. The third-order valence-corrected chi connectivity index (χ3v) is 3.65. The Hall–Kier alpha value is -2.15. The SMILES string of the molecule is Cc1c(-c2ncco2)sc2[nH]c(=O)[nH]c(=O)c12. The van der Waals surface area contributed by atoms with Crippen LogP contribution < -0.4 is 11.2 Å². The van der Waals surface area contributed by atoms with Crippen molar-refractivity contribution in [1.82, 2.24) is 15.0 Å². The van der Waals surface area contributed by atoms with Crippen molar-refractivity contribution < 1.29 is 4.42 Å². The first kappa shape index (κ1) is 10.0. The molecule has 3 heterocycles. The lowest BCUT2D eigenvalue weighted by atomic mass is 10.2. The Morgan fingerprint density at radius 2 is 2.18 bits per heavy atom. The second-order valence-corrected chi connectivity index (χ2v) is 4.53. The van der Waals surface area contributed by atoms with Gasteiger partial charge in [-0.05, 0) is 12.5 Å². The molecule has 0 saturated carbocycles. The Bertz CT molecular complexity index is 794. The molecule has 0 bridgehead atoms. The molecule has 0 aromatic carbocycles. The number of nitrogens with zero attached hydrogens (tertiary/aromatic N) is 1. The zero-order chi connectivity index (χ0) is 12.0. The molecule has 0 amide bonds. The molecule has 86 valence electrons.